The van der Waals surface area contributed by atoms with Crippen molar-refractivity contribution >= 4 is 17.5 Å². The number of rotatable bonds is 5. The first-order valence-electron chi connectivity index (χ1n) is 5.89. The third-order valence-corrected chi connectivity index (χ3v) is 2.53. The highest BCUT2D eigenvalue weighted by Crippen LogP contribution is 2.20. The number of aromatic nitrogens is 3. The largest absolute Gasteiger partial charge is 0.369 e. The van der Waals surface area contributed by atoms with Gasteiger partial charge in [-0.3, -0.25) is 0 Å². The van der Waals surface area contributed by atoms with Gasteiger partial charge in [-0.1, -0.05) is 6.07 Å². The van der Waals surface area contributed by atoms with E-state index in [0.717, 1.165) is 11.6 Å². The quantitative estimate of drug-likeness (QED) is 0.822. The van der Waals surface area contributed by atoms with Crippen LogP contribution in [-0.4, -0.2) is 28.5 Å². The molecule has 0 aromatic carbocycles. The Kier molecular flexibility index (Phi) is 4.24. The van der Waals surface area contributed by atoms with Crippen LogP contribution in [0.1, 0.15) is 6.42 Å². The zero-order chi connectivity index (χ0) is 13.5. The van der Waals surface area contributed by atoms with Crippen LogP contribution in [0.25, 0.3) is 0 Å². The molecule has 0 bridgehead atoms. The van der Waals surface area contributed by atoms with Crippen LogP contribution >= 0.6 is 0 Å². The highest BCUT2D eigenvalue weighted by atomic mass is 15.2. The second kappa shape index (κ2) is 6.31. The van der Waals surface area contributed by atoms with Crippen molar-refractivity contribution in [1.82, 2.24) is 15.0 Å². The first-order chi connectivity index (χ1) is 9.31. The molecule has 0 aliphatic heterocycles. The predicted octanol–water partition coefficient (Wildman–Crippen LogP) is 1.97. The predicted molar refractivity (Wildman–Crippen MR) is 73.1 cm³/mol. The number of nitriles is 1. The molecule has 96 valence electrons. The van der Waals surface area contributed by atoms with Gasteiger partial charge in [0.05, 0.1) is 12.5 Å². The third-order valence-electron chi connectivity index (χ3n) is 2.53. The Bertz CT molecular complexity index is 563. The van der Waals surface area contributed by atoms with Gasteiger partial charge in [-0.15, -0.1) is 0 Å². The van der Waals surface area contributed by atoms with Crippen molar-refractivity contribution in [3.63, 3.8) is 0 Å². The van der Waals surface area contributed by atoms with Gasteiger partial charge >= 0.3 is 0 Å². The number of hydrogen-bond donors (Lipinski definition) is 1. The highest BCUT2D eigenvalue weighted by molar-refractivity contribution is 5.57. The van der Waals surface area contributed by atoms with Crippen LogP contribution < -0.4 is 10.2 Å². The maximum absolute atomic E-state index is 8.50. The molecule has 0 aliphatic rings. The van der Waals surface area contributed by atoms with E-state index in [1.54, 1.807) is 6.20 Å². The molecule has 1 N–H and O–H groups in total. The average Bonchev–Trinajstić information content (AvgIpc) is 2.48. The minimum atomic E-state index is 0.440. The minimum absolute atomic E-state index is 0.440. The molecule has 0 unspecified atom stereocenters. The Balaban J connectivity index is 2.12. The van der Waals surface area contributed by atoms with Gasteiger partial charge in [-0.05, 0) is 12.1 Å². The van der Waals surface area contributed by atoms with Gasteiger partial charge in [0.15, 0.2) is 0 Å². The van der Waals surface area contributed by atoms with Crippen molar-refractivity contribution in [3.8, 4) is 6.07 Å². The summed E-state index contributed by atoms with van der Waals surface area (Å²) < 4.78 is 0. The second-order valence-corrected chi connectivity index (χ2v) is 3.84. The lowest BCUT2D eigenvalue weighted by Gasteiger charge is -2.17. The number of pyridine rings is 1. The summed E-state index contributed by atoms with van der Waals surface area (Å²) in [7, 11) is 1.89. The molecular weight excluding hydrogens is 240 g/mol. The van der Waals surface area contributed by atoms with Gasteiger partial charge < -0.3 is 10.2 Å². The molecule has 0 saturated carbocycles. The molecular formula is C13H14N6. The summed E-state index contributed by atoms with van der Waals surface area (Å²) in [5.41, 5.74) is 0. The zero-order valence-electron chi connectivity index (χ0n) is 10.6. The van der Waals surface area contributed by atoms with E-state index in [9.17, 15) is 0 Å². The van der Waals surface area contributed by atoms with E-state index >= 15 is 0 Å². The molecule has 6 nitrogen and oxygen atoms in total. The van der Waals surface area contributed by atoms with Crippen molar-refractivity contribution in [2.75, 3.05) is 23.8 Å². The molecule has 0 atom stereocenters. The molecule has 2 rings (SSSR count). The van der Waals surface area contributed by atoms with E-state index in [4.69, 9.17) is 5.26 Å². The monoisotopic (exact) mass is 254 g/mol. The summed E-state index contributed by atoms with van der Waals surface area (Å²) in [4.78, 5) is 14.5. The zero-order valence-corrected chi connectivity index (χ0v) is 10.6. The minimum Gasteiger partial charge on any atom is -0.369 e. The van der Waals surface area contributed by atoms with Gasteiger partial charge in [0, 0.05) is 25.9 Å². The van der Waals surface area contributed by atoms with Gasteiger partial charge in [0.1, 0.15) is 23.8 Å². The lowest BCUT2D eigenvalue weighted by molar-refractivity contribution is 1.02. The summed E-state index contributed by atoms with van der Waals surface area (Å²) in [6, 6.07) is 9.60. The topological polar surface area (TPSA) is 77.7 Å². The Labute approximate surface area is 111 Å². The number of hydrogen-bond acceptors (Lipinski definition) is 6. The fourth-order valence-electron chi connectivity index (χ4n) is 1.54. The van der Waals surface area contributed by atoms with Crippen LogP contribution in [0.5, 0.6) is 0 Å². The van der Waals surface area contributed by atoms with Crippen molar-refractivity contribution in [2.24, 2.45) is 0 Å². The fourth-order valence-corrected chi connectivity index (χ4v) is 1.54. The molecule has 0 spiro atoms. The van der Waals surface area contributed by atoms with Crippen LogP contribution in [0.2, 0.25) is 0 Å². The van der Waals surface area contributed by atoms with Crippen molar-refractivity contribution in [3.05, 3.63) is 36.8 Å². The number of nitrogens with zero attached hydrogens (tertiary/aromatic N) is 5. The number of nitrogens with one attached hydrogen (secondary N) is 1. The molecule has 6 heteroatoms. The van der Waals surface area contributed by atoms with Crippen molar-refractivity contribution in [1.29, 1.82) is 5.26 Å². The fraction of sp³-hybridized carbons (Fsp3) is 0.231. The Morgan fingerprint density at radius 3 is 2.89 bits per heavy atom. The number of anilines is 3. The van der Waals surface area contributed by atoms with Gasteiger partial charge in [-0.2, -0.15) is 5.26 Å². The van der Waals surface area contributed by atoms with E-state index in [1.165, 1.54) is 6.33 Å². The summed E-state index contributed by atoms with van der Waals surface area (Å²) in [6.07, 6.45) is 3.66. The molecule has 0 aliphatic carbocycles. The normalized spacial score (nSPS) is 9.68. The SMILES string of the molecule is CN(c1ccccn1)c1cc(NCCC#N)ncn1. The molecule has 0 radical (unpaired) electrons. The first-order valence-corrected chi connectivity index (χ1v) is 5.89. The van der Waals surface area contributed by atoms with Crippen molar-refractivity contribution in [2.45, 2.75) is 6.42 Å². The summed E-state index contributed by atoms with van der Waals surface area (Å²) >= 11 is 0. The van der Waals surface area contributed by atoms with Gasteiger partial charge in [0.25, 0.3) is 0 Å². The summed E-state index contributed by atoms with van der Waals surface area (Å²) in [5, 5.41) is 11.6. The lowest BCUT2D eigenvalue weighted by Crippen LogP contribution is -2.13. The van der Waals surface area contributed by atoms with Crippen LogP contribution in [-0.2, 0) is 0 Å². The van der Waals surface area contributed by atoms with Crippen LogP contribution in [0.4, 0.5) is 17.5 Å². The summed E-state index contributed by atoms with van der Waals surface area (Å²) in [6.45, 7) is 0.570. The molecule has 0 saturated heterocycles. The first kappa shape index (κ1) is 12.8. The highest BCUT2D eigenvalue weighted by Gasteiger charge is 2.07. The standard InChI is InChI=1S/C13H14N6/c1-19(12-5-2-3-7-16-12)13-9-11(17-10-18-13)15-8-4-6-14/h2-3,5,7,9-10H,4,8H2,1H3,(H,15,17,18). The van der Waals surface area contributed by atoms with Crippen molar-refractivity contribution < 1.29 is 0 Å². The average molecular weight is 254 g/mol. The molecule has 2 aromatic rings. The van der Waals surface area contributed by atoms with E-state index in [2.05, 4.69) is 26.3 Å². The van der Waals surface area contributed by atoms with Crippen LogP contribution in [0.3, 0.4) is 0 Å². The van der Waals surface area contributed by atoms with E-state index < -0.39 is 0 Å². The van der Waals surface area contributed by atoms with E-state index in [0.29, 0.717) is 18.8 Å². The molecule has 0 fully saturated rings. The maximum atomic E-state index is 8.50. The lowest BCUT2D eigenvalue weighted by atomic mass is 10.4. The summed E-state index contributed by atoms with van der Waals surface area (Å²) in [5.74, 6) is 2.25. The Morgan fingerprint density at radius 1 is 1.26 bits per heavy atom. The Hall–Kier alpha value is -2.68. The van der Waals surface area contributed by atoms with E-state index in [-0.39, 0.29) is 0 Å². The molecule has 2 aromatic heterocycles. The van der Waals surface area contributed by atoms with Gasteiger partial charge in [0.2, 0.25) is 0 Å². The third kappa shape index (κ3) is 3.39. The van der Waals surface area contributed by atoms with Gasteiger partial charge in [-0.25, -0.2) is 15.0 Å². The van der Waals surface area contributed by atoms with E-state index in [1.807, 2.05) is 36.2 Å². The maximum Gasteiger partial charge on any atom is 0.139 e. The molecule has 0 amide bonds. The van der Waals surface area contributed by atoms with Crippen LogP contribution in [0, 0.1) is 11.3 Å². The van der Waals surface area contributed by atoms with Crippen LogP contribution in [0.15, 0.2) is 36.8 Å². The Morgan fingerprint density at radius 2 is 2.16 bits per heavy atom. The smallest absolute Gasteiger partial charge is 0.139 e. The second-order valence-electron chi connectivity index (χ2n) is 3.84. The molecule has 19 heavy (non-hydrogen) atoms. The molecule has 2 heterocycles.